The summed E-state index contributed by atoms with van der Waals surface area (Å²) in [5.41, 5.74) is 7.76. The molecule has 4 heteroatoms. The molecule has 17 heavy (non-hydrogen) atoms. The predicted molar refractivity (Wildman–Crippen MR) is 65.5 cm³/mol. The van der Waals surface area contributed by atoms with Crippen molar-refractivity contribution in [1.29, 1.82) is 0 Å². The minimum atomic E-state index is -0.286. The van der Waals surface area contributed by atoms with Gasteiger partial charge in [-0.15, -0.1) is 0 Å². The molecular weight excluding hydrogens is 217 g/mol. The quantitative estimate of drug-likeness (QED) is 0.885. The van der Waals surface area contributed by atoms with Gasteiger partial charge in [0.05, 0.1) is 11.4 Å². The molecule has 0 atom stereocenters. The molecule has 3 nitrogen and oxygen atoms in total. The number of hydrogen-bond donors (Lipinski definition) is 1. The van der Waals surface area contributed by atoms with Crippen molar-refractivity contribution in [3.05, 3.63) is 47.5 Å². The highest BCUT2D eigenvalue weighted by Crippen LogP contribution is 2.19. The van der Waals surface area contributed by atoms with Crippen LogP contribution in [0.15, 0.2) is 30.5 Å². The Morgan fingerprint density at radius 3 is 2.71 bits per heavy atom. The number of hydrogen-bond acceptors (Lipinski definition) is 2. The molecule has 0 saturated carbocycles. The average molecular weight is 233 g/mol. The van der Waals surface area contributed by atoms with Gasteiger partial charge in [0.1, 0.15) is 5.82 Å². The standard InChI is InChI=1S/C13H16FN3/c1-9(2)12-6-7-17(16-12)13-5-3-4-11(14)10(13)8-15/h3-7,9H,8,15H2,1-2H3. The molecule has 90 valence electrons. The second kappa shape index (κ2) is 4.67. The second-order valence-corrected chi connectivity index (χ2v) is 4.28. The Kier molecular flexibility index (Phi) is 3.24. The van der Waals surface area contributed by atoms with Crippen LogP contribution >= 0.6 is 0 Å². The van der Waals surface area contributed by atoms with Gasteiger partial charge in [0.25, 0.3) is 0 Å². The summed E-state index contributed by atoms with van der Waals surface area (Å²) < 4.78 is 15.3. The summed E-state index contributed by atoms with van der Waals surface area (Å²) in [6.07, 6.45) is 1.84. The summed E-state index contributed by atoms with van der Waals surface area (Å²) in [6, 6.07) is 6.84. The molecule has 2 rings (SSSR count). The van der Waals surface area contributed by atoms with Crippen LogP contribution < -0.4 is 5.73 Å². The Morgan fingerprint density at radius 1 is 1.35 bits per heavy atom. The van der Waals surface area contributed by atoms with E-state index in [-0.39, 0.29) is 12.4 Å². The van der Waals surface area contributed by atoms with Crippen LogP contribution in [0.2, 0.25) is 0 Å². The number of aromatic nitrogens is 2. The van der Waals surface area contributed by atoms with Crippen LogP contribution in [0.25, 0.3) is 5.69 Å². The first-order chi connectivity index (χ1) is 8.13. The third-order valence-electron chi connectivity index (χ3n) is 2.75. The van der Waals surface area contributed by atoms with Crippen LogP contribution in [0.3, 0.4) is 0 Å². The molecule has 2 N–H and O–H groups in total. The topological polar surface area (TPSA) is 43.8 Å². The van der Waals surface area contributed by atoms with Gasteiger partial charge >= 0.3 is 0 Å². The molecule has 0 radical (unpaired) electrons. The van der Waals surface area contributed by atoms with Crippen LogP contribution in [0.1, 0.15) is 31.0 Å². The molecule has 0 amide bonds. The Bertz CT molecular complexity index is 517. The molecule has 1 heterocycles. The first kappa shape index (κ1) is 11.8. The first-order valence-corrected chi connectivity index (χ1v) is 5.67. The molecule has 0 aliphatic carbocycles. The van der Waals surface area contributed by atoms with E-state index in [1.807, 2.05) is 18.3 Å². The molecule has 0 aliphatic rings. The van der Waals surface area contributed by atoms with Crippen molar-refractivity contribution < 1.29 is 4.39 Å². The van der Waals surface area contributed by atoms with E-state index in [2.05, 4.69) is 18.9 Å². The van der Waals surface area contributed by atoms with E-state index >= 15 is 0 Å². The Morgan fingerprint density at radius 2 is 2.12 bits per heavy atom. The lowest BCUT2D eigenvalue weighted by molar-refractivity contribution is 0.606. The maximum absolute atomic E-state index is 13.6. The lowest BCUT2D eigenvalue weighted by Gasteiger charge is -2.08. The fourth-order valence-electron chi connectivity index (χ4n) is 1.74. The number of halogens is 1. The molecular formula is C13H16FN3. The van der Waals surface area contributed by atoms with Crippen LogP contribution in [0.5, 0.6) is 0 Å². The highest BCUT2D eigenvalue weighted by molar-refractivity contribution is 5.41. The third-order valence-corrected chi connectivity index (χ3v) is 2.75. The van der Waals surface area contributed by atoms with Gasteiger partial charge in [-0.2, -0.15) is 5.10 Å². The largest absolute Gasteiger partial charge is 0.326 e. The molecule has 0 fully saturated rings. The summed E-state index contributed by atoms with van der Waals surface area (Å²) in [4.78, 5) is 0. The summed E-state index contributed by atoms with van der Waals surface area (Å²) in [7, 11) is 0. The molecule has 1 aromatic heterocycles. The zero-order chi connectivity index (χ0) is 12.4. The number of nitrogens with zero attached hydrogens (tertiary/aromatic N) is 2. The Hall–Kier alpha value is -1.68. The molecule has 2 aromatic rings. The van der Waals surface area contributed by atoms with Crippen molar-refractivity contribution in [2.45, 2.75) is 26.3 Å². The van der Waals surface area contributed by atoms with Crippen molar-refractivity contribution in [3.63, 3.8) is 0 Å². The van der Waals surface area contributed by atoms with E-state index in [4.69, 9.17) is 5.73 Å². The minimum Gasteiger partial charge on any atom is -0.326 e. The zero-order valence-corrected chi connectivity index (χ0v) is 10.0. The summed E-state index contributed by atoms with van der Waals surface area (Å²) in [5.74, 6) is 0.0673. The summed E-state index contributed by atoms with van der Waals surface area (Å²) >= 11 is 0. The minimum absolute atomic E-state index is 0.166. The lowest BCUT2D eigenvalue weighted by Crippen LogP contribution is -2.07. The van der Waals surface area contributed by atoms with Crippen molar-refractivity contribution in [2.24, 2.45) is 5.73 Å². The van der Waals surface area contributed by atoms with Crippen molar-refractivity contribution in [1.82, 2.24) is 9.78 Å². The van der Waals surface area contributed by atoms with Crippen LogP contribution in [-0.4, -0.2) is 9.78 Å². The lowest BCUT2D eigenvalue weighted by atomic mass is 10.1. The van der Waals surface area contributed by atoms with Crippen LogP contribution in [0, 0.1) is 5.82 Å². The van der Waals surface area contributed by atoms with Gasteiger partial charge < -0.3 is 5.73 Å². The first-order valence-electron chi connectivity index (χ1n) is 5.67. The van der Waals surface area contributed by atoms with E-state index in [1.54, 1.807) is 10.7 Å². The molecule has 0 bridgehead atoms. The maximum atomic E-state index is 13.6. The summed E-state index contributed by atoms with van der Waals surface area (Å²) in [6.45, 7) is 4.31. The smallest absolute Gasteiger partial charge is 0.129 e. The van der Waals surface area contributed by atoms with E-state index < -0.39 is 0 Å². The number of benzene rings is 1. The highest BCUT2D eigenvalue weighted by Gasteiger charge is 2.10. The van der Waals surface area contributed by atoms with Gasteiger partial charge in [-0.25, -0.2) is 9.07 Å². The zero-order valence-electron chi connectivity index (χ0n) is 10.0. The molecule has 1 aromatic carbocycles. The third kappa shape index (κ3) is 2.22. The Balaban J connectivity index is 2.48. The molecule has 0 unspecified atom stereocenters. The van der Waals surface area contributed by atoms with Crippen molar-refractivity contribution in [3.8, 4) is 5.69 Å². The van der Waals surface area contributed by atoms with E-state index in [0.29, 0.717) is 17.2 Å². The normalized spacial score (nSPS) is 11.1. The molecule has 0 saturated heterocycles. The fraction of sp³-hybridized carbons (Fsp3) is 0.308. The van der Waals surface area contributed by atoms with E-state index in [0.717, 1.165) is 5.69 Å². The van der Waals surface area contributed by atoms with Gasteiger partial charge in [0, 0.05) is 18.3 Å². The van der Waals surface area contributed by atoms with Gasteiger partial charge in [-0.05, 0) is 24.1 Å². The average Bonchev–Trinajstić information content (AvgIpc) is 2.77. The second-order valence-electron chi connectivity index (χ2n) is 4.28. The van der Waals surface area contributed by atoms with E-state index in [9.17, 15) is 4.39 Å². The summed E-state index contributed by atoms with van der Waals surface area (Å²) in [5, 5.41) is 4.42. The number of nitrogens with two attached hydrogens (primary N) is 1. The molecule has 0 spiro atoms. The SMILES string of the molecule is CC(C)c1ccn(-c2cccc(F)c2CN)n1. The van der Waals surface area contributed by atoms with Crippen molar-refractivity contribution >= 4 is 0 Å². The van der Waals surface area contributed by atoms with Gasteiger partial charge in [0.15, 0.2) is 0 Å². The maximum Gasteiger partial charge on any atom is 0.129 e. The highest BCUT2D eigenvalue weighted by atomic mass is 19.1. The number of rotatable bonds is 3. The van der Waals surface area contributed by atoms with E-state index in [1.165, 1.54) is 6.07 Å². The van der Waals surface area contributed by atoms with Crippen LogP contribution in [-0.2, 0) is 6.54 Å². The molecule has 0 aliphatic heterocycles. The van der Waals surface area contributed by atoms with Crippen molar-refractivity contribution in [2.75, 3.05) is 0 Å². The fourth-order valence-corrected chi connectivity index (χ4v) is 1.74. The Labute approximate surface area is 100 Å². The van der Waals surface area contributed by atoms with Crippen LogP contribution in [0.4, 0.5) is 4.39 Å². The monoisotopic (exact) mass is 233 g/mol. The van der Waals surface area contributed by atoms with Gasteiger partial charge in [-0.1, -0.05) is 19.9 Å². The predicted octanol–water partition coefficient (Wildman–Crippen LogP) is 2.59. The van der Waals surface area contributed by atoms with Gasteiger partial charge in [-0.3, -0.25) is 0 Å². The van der Waals surface area contributed by atoms with Gasteiger partial charge in [0.2, 0.25) is 0 Å².